The van der Waals surface area contributed by atoms with Gasteiger partial charge in [-0.3, -0.25) is 9.59 Å². The summed E-state index contributed by atoms with van der Waals surface area (Å²) in [5.74, 6) is -4.72. The number of benzene rings is 2. The zero-order valence-corrected chi connectivity index (χ0v) is 13.9. The molecule has 0 radical (unpaired) electrons. The Labute approximate surface area is 209 Å². The van der Waals surface area contributed by atoms with Gasteiger partial charge >= 0.3 is 83.0 Å². The number of rotatable bonds is 5. The predicted molar refractivity (Wildman–Crippen MR) is 105 cm³/mol. The number of aromatic hydroxyl groups is 2. The molecule has 0 aromatic heterocycles. The molecular formula is C18H18Na2O9. The zero-order valence-electron chi connectivity index (χ0n) is 13.9. The number of aliphatic carboxylic acids is 1. The van der Waals surface area contributed by atoms with Crippen molar-refractivity contribution in [2.75, 3.05) is 0 Å². The average Bonchev–Trinajstić information content (AvgIpc) is 2.61. The summed E-state index contributed by atoms with van der Waals surface area (Å²) in [4.78, 5) is 42.9. The van der Waals surface area contributed by atoms with Crippen molar-refractivity contribution in [3.05, 3.63) is 59.7 Å². The summed E-state index contributed by atoms with van der Waals surface area (Å²) < 4.78 is 4.37. The van der Waals surface area contributed by atoms with Crippen molar-refractivity contribution >= 4 is 83.0 Å². The molecular weight excluding hydrogens is 406 g/mol. The third-order valence-electron chi connectivity index (χ3n) is 3.01. The number of carbonyl (C=O) groups excluding carboxylic acids is 2. The fraction of sp³-hybridized carbons (Fsp3) is 0.111. The number of carbonyl (C=O) groups is 4. The summed E-state index contributed by atoms with van der Waals surface area (Å²) in [7, 11) is 0. The van der Waals surface area contributed by atoms with Crippen LogP contribution in [0, 0.1) is 0 Å². The predicted octanol–water partition coefficient (Wildman–Crippen LogP) is 0.734. The van der Waals surface area contributed by atoms with Crippen molar-refractivity contribution in [1.82, 2.24) is 0 Å². The average molecular weight is 424 g/mol. The summed E-state index contributed by atoms with van der Waals surface area (Å²) in [6.45, 7) is 0. The second-order valence-corrected chi connectivity index (χ2v) is 4.99. The molecule has 0 saturated heterocycles. The first-order valence-electron chi connectivity index (χ1n) is 7.48. The van der Waals surface area contributed by atoms with Gasteiger partial charge in [-0.1, -0.05) is 24.3 Å². The molecule has 0 unspecified atom stereocenters. The first-order chi connectivity index (χ1) is 12.7. The monoisotopic (exact) mass is 424 g/mol. The van der Waals surface area contributed by atoms with E-state index in [2.05, 4.69) is 4.74 Å². The van der Waals surface area contributed by atoms with Crippen LogP contribution >= 0.6 is 0 Å². The SMILES string of the molecule is O=C(O)CCC(=O)OC(=O)c1ccccc1O.O=C(O)c1ccccc1O.[NaH].[NaH]. The molecule has 9 nitrogen and oxygen atoms in total. The maximum atomic E-state index is 11.4. The van der Waals surface area contributed by atoms with Crippen LogP contribution in [-0.4, -0.2) is 103 Å². The van der Waals surface area contributed by atoms with E-state index in [1.165, 1.54) is 36.4 Å². The molecule has 0 fully saturated rings. The molecule has 2 aromatic rings. The Morgan fingerprint density at radius 1 is 0.724 bits per heavy atom. The maximum absolute atomic E-state index is 11.4. The minimum atomic E-state index is -1.16. The molecule has 0 bridgehead atoms. The van der Waals surface area contributed by atoms with E-state index in [1.807, 2.05) is 0 Å². The normalized spacial score (nSPS) is 8.83. The van der Waals surface area contributed by atoms with E-state index in [1.54, 1.807) is 12.1 Å². The zero-order chi connectivity index (χ0) is 20.4. The summed E-state index contributed by atoms with van der Waals surface area (Å²) in [6.07, 6.45) is -0.804. The standard InChI is InChI=1S/C11H10O6.C7H6O3.2Na.2H/c12-8-4-2-1-3-7(8)11(16)17-10(15)6-5-9(13)14;8-6-4-2-1-3-5(6)7(9)10;;;;/h1-4,12H,5-6H2,(H,13,14);1-4,8H,(H,9,10);;;;. The van der Waals surface area contributed by atoms with E-state index in [0.29, 0.717) is 0 Å². The van der Waals surface area contributed by atoms with Crippen LogP contribution < -0.4 is 0 Å². The molecule has 0 spiro atoms. The quantitative estimate of drug-likeness (QED) is 0.308. The summed E-state index contributed by atoms with van der Waals surface area (Å²) in [6, 6.07) is 11.4. The Bertz CT molecular complexity index is 853. The van der Waals surface area contributed by atoms with Crippen molar-refractivity contribution in [3.8, 4) is 11.5 Å². The number of hydrogen-bond acceptors (Lipinski definition) is 7. The second kappa shape index (κ2) is 15.0. The molecule has 0 amide bonds. The summed E-state index contributed by atoms with van der Waals surface area (Å²) >= 11 is 0. The molecule has 0 heterocycles. The Balaban J connectivity index is 0. The van der Waals surface area contributed by atoms with Gasteiger partial charge in [0.25, 0.3) is 0 Å². The van der Waals surface area contributed by atoms with Gasteiger partial charge in [-0.25, -0.2) is 9.59 Å². The summed E-state index contributed by atoms with van der Waals surface area (Å²) in [5, 5.41) is 34.9. The van der Waals surface area contributed by atoms with Crippen LogP contribution in [-0.2, 0) is 14.3 Å². The number of hydrogen-bond donors (Lipinski definition) is 4. The third kappa shape index (κ3) is 11.0. The van der Waals surface area contributed by atoms with Gasteiger partial charge in [0.05, 0.1) is 12.8 Å². The molecule has 2 aromatic carbocycles. The Hall–Kier alpha value is -1.88. The van der Waals surface area contributed by atoms with E-state index in [0.717, 1.165) is 0 Å². The first-order valence-corrected chi connectivity index (χ1v) is 7.48. The van der Waals surface area contributed by atoms with Crippen LogP contribution in [0.4, 0.5) is 0 Å². The van der Waals surface area contributed by atoms with E-state index < -0.39 is 36.7 Å². The third-order valence-corrected chi connectivity index (χ3v) is 3.01. The molecule has 0 aliphatic rings. The molecule has 29 heavy (non-hydrogen) atoms. The molecule has 0 atom stereocenters. The van der Waals surface area contributed by atoms with Crippen LogP contribution in [0.5, 0.6) is 11.5 Å². The van der Waals surface area contributed by atoms with Crippen LogP contribution in [0.1, 0.15) is 33.6 Å². The molecule has 146 valence electrons. The number of esters is 2. The van der Waals surface area contributed by atoms with Gasteiger partial charge in [0.1, 0.15) is 22.6 Å². The molecule has 0 aliphatic carbocycles. The van der Waals surface area contributed by atoms with Crippen molar-refractivity contribution in [1.29, 1.82) is 0 Å². The number of phenolic OH excluding ortho intramolecular Hbond substituents is 1. The van der Waals surface area contributed by atoms with Crippen molar-refractivity contribution in [2.24, 2.45) is 0 Å². The first kappa shape index (κ1) is 29.3. The Morgan fingerprint density at radius 2 is 1.17 bits per heavy atom. The van der Waals surface area contributed by atoms with Gasteiger partial charge < -0.3 is 25.2 Å². The van der Waals surface area contributed by atoms with Gasteiger partial charge in [-0.2, -0.15) is 0 Å². The molecule has 0 aliphatic heterocycles. The van der Waals surface area contributed by atoms with Crippen molar-refractivity contribution in [3.63, 3.8) is 0 Å². The van der Waals surface area contributed by atoms with Gasteiger partial charge in [0, 0.05) is 0 Å². The molecule has 11 heteroatoms. The van der Waals surface area contributed by atoms with Crippen LogP contribution in [0.25, 0.3) is 0 Å². The summed E-state index contributed by atoms with van der Waals surface area (Å²) in [5.41, 5.74) is -0.210. The van der Waals surface area contributed by atoms with Crippen LogP contribution in [0.2, 0.25) is 0 Å². The van der Waals surface area contributed by atoms with E-state index in [4.69, 9.17) is 15.3 Å². The number of aromatic carboxylic acids is 1. The number of phenols is 2. The van der Waals surface area contributed by atoms with E-state index in [9.17, 15) is 24.3 Å². The van der Waals surface area contributed by atoms with E-state index >= 15 is 0 Å². The topological polar surface area (TPSA) is 158 Å². The van der Waals surface area contributed by atoms with E-state index in [-0.39, 0.29) is 81.7 Å². The number of para-hydroxylation sites is 2. The second-order valence-electron chi connectivity index (χ2n) is 4.99. The minimum absolute atomic E-state index is 0. The fourth-order valence-electron chi connectivity index (χ4n) is 1.72. The van der Waals surface area contributed by atoms with Crippen molar-refractivity contribution in [2.45, 2.75) is 12.8 Å². The Kier molecular flexibility index (Phi) is 15.2. The number of ether oxygens (including phenoxy) is 1. The molecule has 0 saturated carbocycles. The fourth-order valence-corrected chi connectivity index (χ4v) is 1.72. The van der Waals surface area contributed by atoms with Gasteiger partial charge in [-0.15, -0.1) is 0 Å². The molecule has 2 rings (SSSR count). The Morgan fingerprint density at radius 3 is 1.55 bits per heavy atom. The van der Waals surface area contributed by atoms with Crippen molar-refractivity contribution < 1.29 is 44.3 Å². The van der Waals surface area contributed by atoms with Gasteiger partial charge in [0.15, 0.2) is 0 Å². The number of carboxylic acids is 2. The van der Waals surface area contributed by atoms with Crippen LogP contribution in [0.3, 0.4) is 0 Å². The number of carboxylic acid groups (broad SMARTS) is 2. The van der Waals surface area contributed by atoms with Gasteiger partial charge in [0.2, 0.25) is 0 Å². The molecule has 4 N–H and O–H groups in total. The van der Waals surface area contributed by atoms with Gasteiger partial charge in [-0.05, 0) is 24.3 Å². The van der Waals surface area contributed by atoms with Crippen LogP contribution in [0.15, 0.2) is 48.5 Å².